The number of aromatic nitrogens is 2. The first-order valence-electron chi connectivity index (χ1n) is 3.60. The molecule has 1 heterocycles. The van der Waals surface area contributed by atoms with Crippen molar-refractivity contribution < 1.29 is 4.79 Å². The van der Waals surface area contributed by atoms with E-state index < -0.39 is 0 Å². The van der Waals surface area contributed by atoms with E-state index in [0.29, 0.717) is 25.3 Å². The molecule has 12 heavy (non-hydrogen) atoms. The van der Waals surface area contributed by atoms with Gasteiger partial charge in [-0.05, 0) is 0 Å². The Kier molecular flexibility index (Phi) is 3.56. The highest BCUT2D eigenvalue weighted by molar-refractivity contribution is 5.46. The minimum absolute atomic E-state index is 0.583. The third-order valence-corrected chi connectivity index (χ3v) is 1.22. The van der Waals surface area contributed by atoms with E-state index in [1.165, 1.54) is 0 Å². The van der Waals surface area contributed by atoms with Crippen LogP contribution in [0, 0.1) is 0 Å². The number of rotatable bonds is 5. The van der Waals surface area contributed by atoms with E-state index in [-0.39, 0.29) is 0 Å². The monoisotopic (exact) mass is 166 g/mol. The van der Waals surface area contributed by atoms with Crippen molar-refractivity contribution in [3.05, 3.63) is 18.6 Å². The van der Waals surface area contributed by atoms with Gasteiger partial charge in [-0.2, -0.15) is 0 Å². The van der Waals surface area contributed by atoms with E-state index in [4.69, 9.17) is 0 Å². The number of carbonyl (C=O) groups is 1. The number of anilines is 1. The van der Waals surface area contributed by atoms with Gasteiger partial charge >= 0.3 is 0 Å². The summed E-state index contributed by atoms with van der Waals surface area (Å²) < 4.78 is 0. The standard InChI is InChI=1S/C7H10N4O/c12-6-9-2-4-11-7-5-8-1-3-10-7/h1,3,5-6H,2,4H2,(H,9,12)(H,10,11). The molecule has 1 aromatic heterocycles. The van der Waals surface area contributed by atoms with Gasteiger partial charge in [-0.15, -0.1) is 0 Å². The Balaban J connectivity index is 2.20. The molecule has 0 atom stereocenters. The summed E-state index contributed by atoms with van der Waals surface area (Å²) in [5, 5.41) is 5.51. The Hall–Kier alpha value is -1.65. The molecule has 5 heteroatoms. The van der Waals surface area contributed by atoms with Crippen molar-refractivity contribution in [2.75, 3.05) is 18.4 Å². The first-order chi connectivity index (χ1) is 5.93. The van der Waals surface area contributed by atoms with Crippen LogP contribution < -0.4 is 10.6 Å². The lowest BCUT2D eigenvalue weighted by atomic mass is 10.6. The van der Waals surface area contributed by atoms with Crippen molar-refractivity contribution in [2.24, 2.45) is 0 Å². The molecule has 64 valence electrons. The fraction of sp³-hybridized carbons (Fsp3) is 0.286. The van der Waals surface area contributed by atoms with Gasteiger partial charge in [0.25, 0.3) is 0 Å². The molecule has 0 bridgehead atoms. The van der Waals surface area contributed by atoms with Crippen LogP contribution in [0.3, 0.4) is 0 Å². The average molecular weight is 166 g/mol. The minimum Gasteiger partial charge on any atom is -0.367 e. The molecule has 0 fully saturated rings. The molecule has 0 unspecified atom stereocenters. The number of carbonyl (C=O) groups excluding carboxylic acids is 1. The molecule has 0 aliphatic heterocycles. The number of amides is 1. The number of hydrogen-bond donors (Lipinski definition) is 2. The molecule has 1 amide bonds. The molecule has 1 aromatic rings. The second-order valence-corrected chi connectivity index (χ2v) is 2.09. The third-order valence-electron chi connectivity index (χ3n) is 1.22. The van der Waals surface area contributed by atoms with Gasteiger partial charge in [-0.25, -0.2) is 4.98 Å². The maximum atomic E-state index is 9.85. The van der Waals surface area contributed by atoms with Gasteiger partial charge in [0.1, 0.15) is 5.82 Å². The summed E-state index contributed by atoms with van der Waals surface area (Å²) in [6.07, 6.45) is 5.50. The molecule has 1 rings (SSSR count). The van der Waals surface area contributed by atoms with Crippen LogP contribution in [0.5, 0.6) is 0 Å². The molecule has 0 radical (unpaired) electrons. The molecule has 0 saturated carbocycles. The van der Waals surface area contributed by atoms with Crippen LogP contribution in [0.15, 0.2) is 18.6 Å². The van der Waals surface area contributed by atoms with Gasteiger partial charge in [-0.3, -0.25) is 9.78 Å². The van der Waals surface area contributed by atoms with Crippen LogP contribution in [0.4, 0.5) is 5.82 Å². The molecule has 0 aliphatic rings. The van der Waals surface area contributed by atoms with E-state index in [9.17, 15) is 4.79 Å². The van der Waals surface area contributed by atoms with E-state index in [2.05, 4.69) is 20.6 Å². The van der Waals surface area contributed by atoms with E-state index in [1.807, 2.05) is 0 Å². The fourth-order valence-corrected chi connectivity index (χ4v) is 0.712. The summed E-state index contributed by atoms with van der Waals surface area (Å²) in [7, 11) is 0. The van der Waals surface area contributed by atoms with Crippen molar-refractivity contribution in [2.45, 2.75) is 0 Å². The molecule has 0 aliphatic carbocycles. The van der Waals surface area contributed by atoms with Crippen LogP contribution in [0.25, 0.3) is 0 Å². The number of nitrogens with one attached hydrogen (secondary N) is 2. The van der Waals surface area contributed by atoms with Gasteiger partial charge in [0.15, 0.2) is 0 Å². The zero-order valence-corrected chi connectivity index (χ0v) is 6.53. The zero-order valence-electron chi connectivity index (χ0n) is 6.53. The van der Waals surface area contributed by atoms with Crippen molar-refractivity contribution >= 4 is 12.2 Å². The fourth-order valence-electron chi connectivity index (χ4n) is 0.712. The molecule has 5 nitrogen and oxygen atoms in total. The zero-order chi connectivity index (χ0) is 8.65. The van der Waals surface area contributed by atoms with Crippen LogP contribution in [0.2, 0.25) is 0 Å². The molecule has 0 spiro atoms. The third kappa shape index (κ3) is 2.96. The normalized spacial score (nSPS) is 9.00. The lowest BCUT2D eigenvalue weighted by Gasteiger charge is -2.02. The SMILES string of the molecule is O=CNCCNc1cnccn1. The van der Waals surface area contributed by atoms with Crippen molar-refractivity contribution in [3.8, 4) is 0 Å². The number of nitrogens with zero attached hydrogens (tertiary/aromatic N) is 2. The highest BCUT2D eigenvalue weighted by Gasteiger charge is 1.89. The topological polar surface area (TPSA) is 66.9 Å². The quantitative estimate of drug-likeness (QED) is 0.463. The highest BCUT2D eigenvalue weighted by atomic mass is 16.1. The average Bonchev–Trinajstić information content (AvgIpc) is 2.14. The summed E-state index contributed by atoms with van der Waals surface area (Å²) in [5.74, 6) is 0.713. The van der Waals surface area contributed by atoms with Crippen molar-refractivity contribution in [1.82, 2.24) is 15.3 Å². The van der Waals surface area contributed by atoms with Gasteiger partial charge in [-0.1, -0.05) is 0 Å². The first-order valence-corrected chi connectivity index (χ1v) is 3.60. The van der Waals surface area contributed by atoms with E-state index >= 15 is 0 Å². The lowest BCUT2D eigenvalue weighted by molar-refractivity contribution is -0.109. The molecule has 2 N–H and O–H groups in total. The first kappa shape index (κ1) is 8.45. The summed E-state index contributed by atoms with van der Waals surface area (Å²) >= 11 is 0. The van der Waals surface area contributed by atoms with Crippen molar-refractivity contribution in [3.63, 3.8) is 0 Å². The Morgan fingerprint density at radius 1 is 1.42 bits per heavy atom. The molecular weight excluding hydrogens is 156 g/mol. The van der Waals surface area contributed by atoms with Crippen LogP contribution in [-0.4, -0.2) is 29.5 Å². The Morgan fingerprint density at radius 3 is 3.00 bits per heavy atom. The van der Waals surface area contributed by atoms with Gasteiger partial charge in [0.2, 0.25) is 6.41 Å². The smallest absolute Gasteiger partial charge is 0.207 e. The number of hydrogen-bond acceptors (Lipinski definition) is 4. The molecule has 0 saturated heterocycles. The maximum absolute atomic E-state index is 9.85. The van der Waals surface area contributed by atoms with Gasteiger partial charge < -0.3 is 10.6 Å². The predicted molar refractivity (Wildman–Crippen MR) is 44.6 cm³/mol. The largest absolute Gasteiger partial charge is 0.367 e. The highest BCUT2D eigenvalue weighted by Crippen LogP contribution is 1.94. The minimum atomic E-state index is 0.583. The Morgan fingerprint density at radius 2 is 2.33 bits per heavy atom. The van der Waals surface area contributed by atoms with Gasteiger partial charge in [0.05, 0.1) is 6.20 Å². The second kappa shape index (κ2) is 5.06. The molecular formula is C7H10N4O. The van der Waals surface area contributed by atoms with Gasteiger partial charge in [0, 0.05) is 25.5 Å². The second-order valence-electron chi connectivity index (χ2n) is 2.09. The van der Waals surface area contributed by atoms with Crippen LogP contribution in [-0.2, 0) is 4.79 Å². The summed E-state index contributed by atoms with van der Waals surface area (Å²) in [4.78, 5) is 17.7. The summed E-state index contributed by atoms with van der Waals surface area (Å²) in [5.41, 5.74) is 0. The predicted octanol–water partition coefficient (Wildman–Crippen LogP) is -0.366. The Labute approximate surface area is 70.2 Å². The van der Waals surface area contributed by atoms with Crippen LogP contribution in [0.1, 0.15) is 0 Å². The van der Waals surface area contributed by atoms with Crippen LogP contribution >= 0.6 is 0 Å². The Bertz CT molecular complexity index is 226. The summed E-state index contributed by atoms with van der Waals surface area (Å²) in [6.45, 7) is 1.23. The van der Waals surface area contributed by atoms with Crippen molar-refractivity contribution in [1.29, 1.82) is 0 Å². The molecule has 0 aromatic carbocycles. The van der Waals surface area contributed by atoms with E-state index in [1.54, 1.807) is 18.6 Å². The lowest BCUT2D eigenvalue weighted by Crippen LogP contribution is -2.20. The maximum Gasteiger partial charge on any atom is 0.207 e. The van der Waals surface area contributed by atoms with E-state index in [0.717, 1.165) is 0 Å². The summed E-state index contributed by atoms with van der Waals surface area (Å²) in [6, 6.07) is 0.